The highest BCUT2D eigenvalue weighted by molar-refractivity contribution is 9.10. The molecule has 3 rings (SSSR count). The van der Waals surface area contributed by atoms with Crippen molar-refractivity contribution in [2.45, 2.75) is 6.54 Å². The minimum atomic E-state index is -0.0252. The molecule has 1 heterocycles. The fraction of sp³-hybridized carbons (Fsp3) is 0.111. The minimum Gasteiger partial charge on any atom is -0.314 e. The van der Waals surface area contributed by atoms with Crippen LogP contribution in [0.3, 0.4) is 0 Å². The summed E-state index contributed by atoms with van der Waals surface area (Å²) in [6, 6.07) is 15.2. The Balaban J connectivity index is 1.92. The van der Waals surface area contributed by atoms with Crippen LogP contribution in [0.1, 0.15) is 10.4 Å². The summed E-state index contributed by atoms with van der Waals surface area (Å²) in [6.07, 6.45) is 1.85. The Morgan fingerprint density at radius 2 is 1.79 bits per heavy atom. The van der Waals surface area contributed by atoms with Crippen molar-refractivity contribution >= 4 is 37.6 Å². The van der Waals surface area contributed by atoms with Crippen LogP contribution in [-0.4, -0.2) is 14.9 Å². The molecular formula is C18H15Br2N3O. The quantitative estimate of drug-likeness (QED) is 0.591. The van der Waals surface area contributed by atoms with Gasteiger partial charge in [-0.25, -0.2) is 0 Å². The number of carbonyl (C=O) groups excluding carboxylic acids is 1. The third-order valence-corrected chi connectivity index (χ3v) is 4.85. The van der Waals surface area contributed by atoms with E-state index in [9.17, 15) is 4.79 Å². The molecule has 0 bridgehead atoms. The second kappa shape index (κ2) is 6.91. The zero-order valence-electron chi connectivity index (χ0n) is 13.0. The second-order valence-electron chi connectivity index (χ2n) is 5.47. The summed E-state index contributed by atoms with van der Waals surface area (Å²) in [5.74, 6) is -0.0252. The zero-order chi connectivity index (χ0) is 17.3. The fourth-order valence-corrected chi connectivity index (χ4v) is 3.18. The largest absolute Gasteiger partial charge is 0.314 e. The predicted octanol–water partition coefficient (Wildman–Crippen LogP) is 4.38. The van der Waals surface area contributed by atoms with Gasteiger partial charge in [0.05, 0.1) is 12.2 Å². The van der Waals surface area contributed by atoms with Gasteiger partial charge >= 0.3 is 0 Å². The molecule has 0 saturated heterocycles. The Hall–Kier alpha value is -1.92. The normalized spacial score (nSPS) is 10.8. The van der Waals surface area contributed by atoms with Crippen molar-refractivity contribution in [2.24, 2.45) is 7.05 Å². The third kappa shape index (κ3) is 3.44. The first-order chi connectivity index (χ1) is 11.5. The molecule has 4 nitrogen and oxygen atoms in total. The lowest BCUT2D eigenvalue weighted by Gasteiger charge is -2.03. The van der Waals surface area contributed by atoms with E-state index in [1.165, 1.54) is 0 Å². The fourth-order valence-electron chi connectivity index (χ4n) is 2.52. The third-order valence-electron chi connectivity index (χ3n) is 3.83. The van der Waals surface area contributed by atoms with E-state index in [-0.39, 0.29) is 17.9 Å². The summed E-state index contributed by atoms with van der Waals surface area (Å²) < 4.78 is 5.32. The lowest BCUT2D eigenvalue weighted by atomic mass is 10.1. The first-order valence-electron chi connectivity index (χ1n) is 7.31. The van der Waals surface area contributed by atoms with Gasteiger partial charge in [-0.3, -0.25) is 10.2 Å². The Bertz CT molecular complexity index is 955. The molecule has 3 aromatic rings. The first-order valence-corrected chi connectivity index (χ1v) is 8.90. The maximum absolute atomic E-state index is 12.5. The number of nitrogens with one attached hydrogen (secondary N) is 1. The van der Waals surface area contributed by atoms with Crippen LogP contribution in [0.25, 0.3) is 11.3 Å². The highest BCUT2D eigenvalue weighted by Crippen LogP contribution is 2.20. The molecule has 0 aliphatic heterocycles. The van der Waals surface area contributed by atoms with E-state index in [1.54, 1.807) is 21.3 Å². The molecule has 0 amide bonds. The van der Waals surface area contributed by atoms with Crippen molar-refractivity contribution in [3.63, 3.8) is 0 Å². The van der Waals surface area contributed by atoms with Gasteiger partial charge in [0.2, 0.25) is 5.62 Å². The number of rotatable bonds is 4. The van der Waals surface area contributed by atoms with E-state index in [1.807, 2.05) is 49.6 Å². The molecule has 24 heavy (non-hydrogen) atoms. The maximum Gasteiger partial charge on any atom is 0.202 e. The summed E-state index contributed by atoms with van der Waals surface area (Å²) >= 11 is 6.80. The Kier molecular flexibility index (Phi) is 4.87. The number of ketones is 1. The molecule has 0 aliphatic rings. The van der Waals surface area contributed by atoms with Crippen molar-refractivity contribution in [3.05, 3.63) is 74.9 Å². The van der Waals surface area contributed by atoms with E-state index in [0.29, 0.717) is 5.56 Å². The van der Waals surface area contributed by atoms with Crippen molar-refractivity contribution in [1.29, 1.82) is 5.41 Å². The summed E-state index contributed by atoms with van der Waals surface area (Å²) in [4.78, 5) is 12.5. The Labute approximate surface area is 156 Å². The molecule has 0 atom stereocenters. The molecule has 0 saturated carbocycles. The van der Waals surface area contributed by atoms with E-state index >= 15 is 0 Å². The van der Waals surface area contributed by atoms with Gasteiger partial charge in [0, 0.05) is 27.8 Å². The molecule has 0 aliphatic carbocycles. The molecule has 2 aromatic carbocycles. The highest BCUT2D eigenvalue weighted by Gasteiger charge is 2.12. The Morgan fingerprint density at radius 3 is 2.46 bits per heavy atom. The number of hydrogen-bond donors (Lipinski definition) is 1. The SMILES string of the molecule is Cn1c(-c2ccc(Br)cc2)cn(CC(=O)c2cccc(Br)c2)c1=N. The number of carbonyl (C=O) groups is 1. The van der Waals surface area contributed by atoms with Crippen molar-refractivity contribution in [3.8, 4) is 11.3 Å². The number of imidazole rings is 1. The number of benzene rings is 2. The van der Waals surface area contributed by atoms with E-state index in [0.717, 1.165) is 20.2 Å². The monoisotopic (exact) mass is 447 g/mol. The van der Waals surface area contributed by atoms with Gasteiger partial charge in [-0.1, -0.05) is 56.1 Å². The summed E-state index contributed by atoms with van der Waals surface area (Å²) in [7, 11) is 1.83. The lowest BCUT2D eigenvalue weighted by Crippen LogP contribution is -2.25. The van der Waals surface area contributed by atoms with Crippen molar-refractivity contribution in [2.75, 3.05) is 0 Å². The molecule has 0 spiro atoms. The predicted molar refractivity (Wildman–Crippen MR) is 101 cm³/mol. The smallest absolute Gasteiger partial charge is 0.202 e. The number of nitrogens with zero attached hydrogens (tertiary/aromatic N) is 2. The van der Waals surface area contributed by atoms with Crippen molar-refractivity contribution < 1.29 is 4.79 Å². The van der Waals surface area contributed by atoms with E-state index < -0.39 is 0 Å². The van der Waals surface area contributed by atoms with Crippen molar-refractivity contribution in [1.82, 2.24) is 9.13 Å². The number of hydrogen-bond acceptors (Lipinski definition) is 2. The number of aromatic nitrogens is 2. The Morgan fingerprint density at radius 1 is 1.08 bits per heavy atom. The highest BCUT2D eigenvalue weighted by atomic mass is 79.9. The van der Waals surface area contributed by atoms with Crippen LogP contribution in [0.5, 0.6) is 0 Å². The number of Topliss-reactive ketones (excluding diaryl/α,β-unsaturated/α-hetero) is 1. The average molecular weight is 449 g/mol. The maximum atomic E-state index is 12.5. The molecule has 0 radical (unpaired) electrons. The first kappa shape index (κ1) is 16.9. The minimum absolute atomic E-state index is 0.0252. The standard InChI is InChI=1S/C18H15Br2N3O/c1-22-16(12-5-7-14(19)8-6-12)10-23(18(22)21)11-17(24)13-3-2-4-15(20)9-13/h2-10,21H,11H2,1H3. The van der Waals surface area contributed by atoms with E-state index in [4.69, 9.17) is 5.41 Å². The van der Waals surface area contributed by atoms with Gasteiger partial charge in [-0.15, -0.1) is 0 Å². The van der Waals surface area contributed by atoms with Gasteiger partial charge in [0.15, 0.2) is 5.78 Å². The summed E-state index contributed by atoms with van der Waals surface area (Å²) in [5, 5.41) is 8.26. The lowest BCUT2D eigenvalue weighted by molar-refractivity contribution is 0.0970. The molecule has 122 valence electrons. The molecule has 1 aromatic heterocycles. The summed E-state index contributed by atoms with van der Waals surface area (Å²) in [5.41, 5.74) is 2.82. The molecule has 1 N–H and O–H groups in total. The zero-order valence-corrected chi connectivity index (χ0v) is 16.1. The average Bonchev–Trinajstić information content (AvgIpc) is 2.84. The topological polar surface area (TPSA) is 50.8 Å². The van der Waals surface area contributed by atoms with Crippen LogP contribution in [0, 0.1) is 5.41 Å². The van der Waals surface area contributed by atoms with Gasteiger partial charge in [0.1, 0.15) is 0 Å². The summed E-state index contributed by atoms with van der Waals surface area (Å²) in [6.45, 7) is 0.139. The second-order valence-corrected chi connectivity index (χ2v) is 7.30. The van der Waals surface area contributed by atoms with Gasteiger partial charge in [-0.2, -0.15) is 0 Å². The molecule has 6 heteroatoms. The van der Waals surface area contributed by atoms with E-state index in [2.05, 4.69) is 31.9 Å². The van der Waals surface area contributed by atoms with Crippen LogP contribution in [0.2, 0.25) is 0 Å². The number of halogens is 2. The van der Waals surface area contributed by atoms with Gasteiger partial charge in [-0.05, 0) is 29.8 Å². The van der Waals surface area contributed by atoms with Crippen LogP contribution in [-0.2, 0) is 13.6 Å². The van der Waals surface area contributed by atoms with Gasteiger partial charge < -0.3 is 9.13 Å². The van der Waals surface area contributed by atoms with Gasteiger partial charge in [0.25, 0.3) is 0 Å². The van der Waals surface area contributed by atoms with Crippen LogP contribution < -0.4 is 5.62 Å². The molecule has 0 fully saturated rings. The molecular weight excluding hydrogens is 434 g/mol. The molecule has 0 unspecified atom stereocenters. The van der Waals surface area contributed by atoms with Crippen LogP contribution in [0.4, 0.5) is 0 Å². The van der Waals surface area contributed by atoms with Crippen LogP contribution >= 0.6 is 31.9 Å². The van der Waals surface area contributed by atoms with Crippen LogP contribution in [0.15, 0.2) is 63.7 Å².